The van der Waals surface area contributed by atoms with Gasteiger partial charge in [0.1, 0.15) is 0 Å². The Labute approximate surface area is 210 Å². The predicted octanol–water partition coefficient (Wildman–Crippen LogP) is 7.22. The topological polar surface area (TPSA) is 75.3 Å². The molecular weight excluding hydrogens is 519 g/mol. The number of anilines is 2. The Hall–Kier alpha value is -2.10. The van der Waals surface area contributed by atoms with E-state index < -0.39 is 10.0 Å². The van der Waals surface area contributed by atoms with Crippen LogP contribution in [0.25, 0.3) is 10.1 Å². The fraction of sp³-hybridized carbons (Fsp3) is 0.174. The Balaban J connectivity index is 1.60. The van der Waals surface area contributed by atoms with Gasteiger partial charge in [0.2, 0.25) is 10.0 Å². The molecule has 1 amide bonds. The van der Waals surface area contributed by atoms with Crippen molar-refractivity contribution in [1.82, 2.24) is 0 Å². The Morgan fingerprint density at radius 1 is 0.939 bits per heavy atom. The number of hydrogen-bond acceptors (Lipinski definition) is 5. The van der Waals surface area contributed by atoms with E-state index in [2.05, 4.69) is 23.9 Å². The largest absolute Gasteiger partial charge is 0.321 e. The third-order valence-corrected chi connectivity index (χ3v) is 8.60. The maximum Gasteiger partial charge on any atom is 0.265 e. The molecule has 0 bridgehead atoms. The standard InChI is InChI=1S/C23H20Cl2N2O3S3/c1-23(2,20-6-7-21(25)32-20)14-10-15(24)12-17(11-14)26-22(28)19-9-13-8-16(27-33(3,29)30)4-5-18(13)31-19/h4-12,27H,1-3H3,(H,26,28). The van der Waals surface area contributed by atoms with E-state index in [0.29, 0.717) is 25.6 Å². The number of benzene rings is 2. The first-order chi connectivity index (χ1) is 15.4. The maximum atomic E-state index is 13.0. The molecule has 2 N–H and O–H groups in total. The van der Waals surface area contributed by atoms with Crippen molar-refractivity contribution in [2.75, 3.05) is 16.3 Å². The highest BCUT2D eigenvalue weighted by Gasteiger charge is 2.26. The summed E-state index contributed by atoms with van der Waals surface area (Å²) < 4.78 is 27.0. The van der Waals surface area contributed by atoms with Gasteiger partial charge < -0.3 is 5.32 Å². The van der Waals surface area contributed by atoms with Crippen LogP contribution >= 0.6 is 45.9 Å². The molecular formula is C23H20Cl2N2O3S3. The lowest BCUT2D eigenvalue weighted by atomic mass is 9.83. The molecule has 0 aliphatic heterocycles. The second kappa shape index (κ2) is 8.92. The number of rotatable bonds is 6. The van der Waals surface area contributed by atoms with E-state index in [1.54, 1.807) is 30.3 Å². The predicted molar refractivity (Wildman–Crippen MR) is 141 cm³/mol. The highest BCUT2D eigenvalue weighted by Crippen LogP contribution is 2.39. The summed E-state index contributed by atoms with van der Waals surface area (Å²) in [4.78, 5) is 14.6. The first-order valence-corrected chi connectivity index (χ1v) is 14.1. The minimum atomic E-state index is -3.38. The van der Waals surface area contributed by atoms with E-state index in [1.807, 2.05) is 24.3 Å². The average Bonchev–Trinajstić information content (AvgIpc) is 3.32. The lowest BCUT2D eigenvalue weighted by Crippen LogP contribution is -2.18. The van der Waals surface area contributed by atoms with Crippen molar-refractivity contribution in [2.45, 2.75) is 19.3 Å². The van der Waals surface area contributed by atoms with Crippen molar-refractivity contribution < 1.29 is 13.2 Å². The molecule has 33 heavy (non-hydrogen) atoms. The minimum absolute atomic E-state index is 0.265. The SMILES string of the molecule is CC(C)(c1cc(Cl)cc(NC(=O)c2cc3cc(NS(C)(=O)=O)ccc3s2)c1)c1ccc(Cl)s1. The summed E-state index contributed by atoms with van der Waals surface area (Å²) in [6.07, 6.45) is 1.09. The Morgan fingerprint density at radius 3 is 2.36 bits per heavy atom. The van der Waals surface area contributed by atoms with Gasteiger partial charge in [-0.25, -0.2) is 8.42 Å². The molecule has 0 atom stereocenters. The lowest BCUT2D eigenvalue weighted by Gasteiger charge is -2.25. The van der Waals surface area contributed by atoms with Crippen LogP contribution in [0.4, 0.5) is 11.4 Å². The van der Waals surface area contributed by atoms with Gasteiger partial charge in [0.25, 0.3) is 5.91 Å². The molecule has 4 rings (SSSR count). The molecule has 0 unspecified atom stereocenters. The quantitative estimate of drug-likeness (QED) is 0.272. The van der Waals surface area contributed by atoms with Crippen LogP contribution in [-0.4, -0.2) is 20.6 Å². The summed E-state index contributed by atoms with van der Waals surface area (Å²) in [5.41, 5.74) is 1.65. The third-order valence-electron chi connectivity index (χ3n) is 5.11. The fourth-order valence-electron chi connectivity index (χ4n) is 3.44. The second-order valence-corrected chi connectivity index (χ2v) is 13.1. The molecule has 0 saturated heterocycles. The number of carbonyl (C=O) groups is 1. The zero-order valence-corrected chi connectivity index (χ0v) is 21.9. The smallest absolute Gasteiger partial charge is 0.265 e. The van der Waals surface area contributed by atoms with E-state index in [0.717, 1.165) is 26.8 Å². The van der Waals surface area contributed by atoms with Crippen molar-refractivity contribution in [3.63, 3.8) is 0 Å². The van der Waals surface area contributed by atoms with E-state index in [4.69, 9.17) is 23.2 Å². The third kappa shape index (κ3) is 5.53. The van der Waals surface area contributed by atoms with Crippen LogP contribution in [-0.2, 0) is 15.4 Å². The molecule has 172 valence electrons. The van der Waals surface area contributed by atoms with Gasteiger partial charge in [0, 0.05) is 31.4 Å². The van der Waals surface area contributed by atoms with Gasteiger partial charge in [0.15, 0.2) is 0 Å². The Morgan fingerprint density at radius 2 is 1.70 bits per heavy atom. The summed E-state index contributed by atoms with van der Waals surface area (Å²) >= 11 is 15.4. The zero-order chi connectivity index (χ0) is 24.0. The van der Waals surface area contributed by atoms with Gasteiger partial charge in [-0.2, -0.15) is 0 Å². The fourth-order valence-corrected chi connectivity index (χ4v) is 6.34. The number of fused-ring (bicyclic) bond motifs is 1. The molecule has 0 fully saturated rings. The van der Waals surface area contributed by atoms with Gasteiger partial charge in [-0.3, -0.25) is 9.52 Å². The molecule has 4 aromatic rings. The van der Waals surface area contributed by atoms with Gasteiger partial charge in [-0.1, -0.05) is 37.0 Å². The number of sulfonamides is 1. The van der Waals surface area contributed by atoms with Crippen LogP contribution in [0.5, 0.6) is 0 Å². The molecule has 0 aliphatic rings. The normalized spacial score (nSPS) is 12.2. The summed E-state index contributed by atoms with van der Waals surface area (Å²) in [5.74, 6) is -0.265. The van der Waals surface area contributed by atoms with Gasteiger partial charge >= 0.3 is 0 Å². The number of thiophene rings is 2. The molecule has 2 aromatic heterocycles. The van der Waals surface area contributed by atoms with Gasteiger partial charge in [-0.05, 0) is 65.5 Å². The van der Waals surface area contributed by atoms with Crippen LogP contribution < -0.4 is 10.0 Å². The first-order valence-electron chi connectivity index (χ1n) is 9.80. The number of nitrogens with one attached hydrogen (secondary N) is 2. The van der Waals surface area contributed by atoms with Gasteiger partial charge in [-0.15, -0.1) is 22.7 Å². The van der Waals surface area contributed by atoms with Crippen molar-refractivity contribution in [3.8, 4) is 0 Å². The Kier molecular flexibility index (Phi) is 6.50. The van der Waals surface area contributed by atoms with Crippen LogP contribution in [0.2, 0.25) is 9.36 Å². The average molecular weight is 540 g/mol. The van der Waals surface area contributed by atoms with Crippen LogP contribution in [0.15, 0.2) is 54.6 Å². The summed E-state index contributed by atoms with van der Waals surface area (Å²) in [6.45, 7) is 4.17. The monoisotopic (exact) mass is 538 g/mol. The summed E-state index contributed by atoms with van der Waals surface area (Å²) in [5, 5.41) is 4.23. The molecule has 2 aromatic carbocycles. The lowest BCUT2D eigenvalue weighted by molar-refractivity contribution is 0.103. The second-order valence-electron chi connectivity index (χ2n) is 8.15. The van der Waals surface area contributed by atoms with Gasteiger partial charge in [0.05, 0.1) is 15.5 Å². The van der Waals surface area contributed by atoms with Crippen LogP contribution in [0, 0.1) is 0 Å². The van der Waals surface area contributed by atoms with Crippen LogP contribution in [0.1, 0.15) is 34.0 Å². The Bertz CT molecular complexity index is 1470. The van der Waals surface area contributed by atoms with Crippen molar-refractivity contribution in [2.24, 2.45) is 0 Å². The molecule has 10 heteroatoms. The van der Waals surface area contributed by atoms with E-state index in [1.165, 1.54) is 22.7 Å². The van der Waals surface area contributed by atoms with Crippen molar-refractivity contribution in [3.05, 3.63) is 79.3 Å². The molecule has 0 spiro atoms. The highest BCUT2D eigenvalue weighted by atomic mass is 35.5. The molecule has 2 heterocycles. The molecule has 0 radical (unpaired) electrons. The molecule has 5 nitrogen and oxygen atoms in total. The van der Waals surface area contributed by atoms with E-state index >= 15 is 0 Å². The molecule has 0 aliphatic carbocycles. The summed E-state index contributed by atoms with van der Waals surface area (Å²) in [7, 11) is -3.38. The van der Waals surface area contributed by atoms with E-state index in [9.17, 15) is 13.2 Å². The van der Waals surface area contributed by atoms with E-state index in [-0.39, 0.29) is 11.3 Å². The number of carbonyl (C=O) groups excluding carboxylic acids is 1. The van der Waals surface area contributed by atoms with Crippen LogP contribution in [0.3, 0.4) is 0 Å². The number of halogens is 2. The van der Waals surface area contributed by atoms with Crippen molar-refractivity contribution in [1.29, 1.82) is 0 Å². The maximum absolute atomic E-state index is 13.0. The first kappa shape index (κ1) is 24.0. The summed E-state index contributed by atoms with van der Waals surface area (Å²) in [6, 6.07) is 16.3. The number of hydrogen-bond donors (Lipinski definition) is 2. The minimum Gasteiger partial charge on any atom is -0.321 e. The highest BCUT2D eigenvalue weighted by molar-refractivity contribution is 7.92. The number of amides is 1. The van der Waals surface area contributed by atoms with Crippen molar-refractivity contribution >= 4 is 83.3 Å². The molecule has 0 saturated carbocycles. The zero-order valence-electron chi connectivity index (χ0n) is 17.9.